The van der Waals surface area contributed by atoms with Gasteiger partial charge >= 0.3 is 0 Å². The first-order valence-electron chi connectivity index (χ1n) is 10.1. The van der Waals surface area contributed by atoms with Crippen LogP contribution in [-0.4, -0.2) is 19.3 Å². The van der Waals surface area contributed by atoms with E-state index in [1.54, 1.807) is 15.9 Å². The van der Waals surface area contributed by atoms with Crippen molar-refractivity contribution < 1.29 is 0 Å². The van der Waals surface area contributed by atoms with Gasteiger partial charge in [0.1, 0.15) is 22.1 Å². The van der Waals surface area contributed by atoms with Crippen molar-refractivity contribution in [3.63, 3.8) is 0 Å². The summed E-state index contributed by atoms with van der Waals surface area (Å²) >= 11 is 2.91. The van der Waals surface area contributed by atoms with Gasteiger partial charge in [0.25, 0.3) is 5.56 Å². The highest BCUT2D eigenvalue weighted by atomic mass is 32.1. The van der Waals surface area contributed by atoms with Gasteiger partial charge in [-0.15, -0.1) is 21.5 Å². The lowest BCUT2D eigenvalue weighted by atomic mass is 10.2. The van der Waals surface area contributed by atoms with E-state index in [1.807, 2.05) is 57.8 Å². The summed E-state index contributed by atoms with van der Waals surface area (Å²) < 4.78 is 4.84. The maximum atomic E-state index is 13.4. The molecule has 0 bridgehead atoms. The topological polar surface area (TPSA) is 76.5 Å². The number of rotatable bonds is 3. The molecule has 0 radical (unpaired) electrons. The molecule has 8 heteroatoms. The number of nitriles is 1. The second-order valence-electron chi connectivity index (χ2n) is 7.34. The molecule has 3 aromatic heterocycles. The Balaban J connectivity index is 1.84. The van der Waals surface area contributed by atoms with Gasteiger partial charge in [0, 0.05) is 13.0 Å². The van der Waals surface area contributed by atoms with Gasteiger partial charge in [0.05, 0.1) is 10.2 Å². The fraction of sp³-hybridized carbons (Fsp3) is 0.217. The van der Waals surface area contributed by atoms with Gasteiger partial charge in [-0.2, -0.15) is 16.6 Å². The molecule has 0 unspecified atom stereocenters. The fourth-order valence-corrected chi connectivity index (χ4v) is 5.55. The smallest absolute Gasteiger partial charge is 0.273 e. The minimum absolute atomic E-state index is 0.138. The van der Waals surface area contributed by atoms with Gasteiger partial charge in [0.2, 0.25) is 0 Å². The van der Waals surface area contributed by atoms with E-state index in [-0.39, 0.29) is 5.56 Å². The Morgan fingerprint density at radius 3 is 2.77 bits per heavy atom. The van der Waals surface area contributed by atoms with Crippen LogP contribution in [-0.2, 0) is 13.0 Å². The van der Waals surface area contributed by atoms with Crippen molar-refractivity contribution in [1.29, 1.82) is 5.26 Å². The zero-order valence-electron chi connectivity index (χ0n) is 16.7. The Hall–Kier alpha value is -3.28. The maximum Gasteiger partial charge on any atom is 0.273 e. The highest BCUT2D eigenvalue weighted by Gasteiger charge is 2.21. The Morgan fingerprint density at radius 2 is 2.00 bits per heavy atom. The summed E-state index contributed by atoms with van der Waals surface area (Å²) in [6.07, 6.45) is 5.99. The van der Waals surface area contributed by atoms with Crippen LogP contribution in [0.5, 0.6) is 0 Å². The molecule has 154 valence electrons. The molecular weight excluding hydrogens is 426 g/mol. The molecule has 0 saturated heterocycles. The number of hydrogen-bond donors (Lipinski definition) is 0. The Morgan fingerprint density at radius 1 is 1.13 bits per heavy atom. The monoisotopic (exact) mass is 445 g/mol. The predicted molar refractivity (Wildman–Crippen MR) is 123 cm³/mol. The molecule has 1 aliphatic heterocycles. The van der Waals surface area contributed by atoms with E-state index in [0.717, 1.165) is 49.3 Å². The second-order valence-corrected chi connectivity index (χ2v) is 9.15. The molecule has 4 heterocycles. The van der Waals surface area contributed by atoms with Gasteiger partial charge in [-0.05, 0) is 53.4 Å². The second kappa shape index (κ2) is 8.46. The van der Waals surface area contributed by atoms with E-state index in [4.69, 9.17) is 0 Å². The van der Waals surface area contributed by atoms with Crippen LogP contribution in [0.4, 0.5) is 0 Å². The Kier molecular flexibility index (Phi) is 5.37. The first-order chi connectivity index (χ1) is 15.3. The van der Waals surface area contributed by atoms with Crippen LogP contribution in [0.2, 0.25) is 0 Å². The molecule has 0 atom stereocenters. The number of fused-ring (bicyclic) bond motifs is 1. The first kappa shape index (κ1) is 19.7. The van der Waals surface area contributed by atoms with Crippen molar-refractivity contribution in [2.45, 2.75) is 32.2 Å². The molecule has 0 aliphatic carbocycles. The number of thiazole rings is 1. The van der Waals surface area contributed by atoms with Crippen molar-refractivity contribution in [3.8, 4) is 11.8 Å². The van der Waals surface area contributed by atoms with Crippen LogP contribution in [0.25, 0.3) is 17.3 Å². The van der Waals surface area contributed by atoms with Crippen LogP contribution in [0.15, 0.2) is 52.0 Å². The number of aryl methyl sites for hydroxylation is 1. The summed E-state index contributed by atoms with van der Waals surface area (Å²) in [5, 5.41) is 22.9. The Labute approximate surface area is 186 Å². The van der Waals surface area contributed by atoms with Gasteiger partial charge in [0.15, 0.2) is 5.82 Å². The van der Waals surface area contributed by atoms with Crippen LogP contribution in [0, 0.1) is 11.3 Å². The van der Waals surface area contributed by atoms with E-state index >= 15 is 0 Å². The van der Waals surface area contributed by atoms with Crippen molar-refractivity contribution in [3.05, 3.63) is 83.9 Å². The standard InChI is InChI=1S/C23H19N5OS2/c24-14-18(21-26-25-20-9-5-2-6-11-27(20)21)23-28(17-7-3-1-4-8-17)22(29)19(31-23)13-16-10-12-30-15-16/h1,3-4,7-8,10,12-13,15H,2,5-6,9,11H2. The van der Waals surface area contributed by atoms with Crippen LogP contribution in [0.1, 0.15) is 36.5 Å². The summed E-state index contributed by atoms with van der Waals surface area (Å²) in [7, 11) is 0. The first-order valence-corrected chi connectivity index (χ1v) is 11.9. The molecule has 5 rings (SSSR count). The number of benzene rings is 1. The number of aromatic nitrogens is 4. The highest BCUT2D eigenvalue weighted by molar-refractivity contribution is 7.08. The van der Waals surface area contributed by atoms with Crippen LogP contribution >= 0.6 is 22.7 Å². The minimum atomic E-state index is -0.138. The molecular formula is C23H19N5OS2. The van der Waals surface area contributed by atoms with Crippen molar-refractivity contribution >= 4 is 34.3 Å². The third-order valence-corrected chi connectivity index (χ3v) is 7.13. The zero-order valence-corrected chi connectivity index (χ0v) is 18.3. The molecule has 4 aromatic rings. The summed E-state index contributed by atoms with van der Waals surface area (Å²) in [5.74, 6) is 1.46. The van der Waals surface area contributed by atoms with E-state index in [0.29, 0.717) is 20.6 Å². The van der Waals surface area contributed by atoms with E-state index in [9.17, 15) is 10.1 Å². The van der Waals surface area contributed by atoms with Crippen molar-refractivity contribution in [2.75, 3.05) is 0 Å². The number of nitrogens with zero attached hydrogens (tertiary/aromatic N) is 5. The van der Waals surface area contributed by atoms with E-state index < -0.39 is 0 Å². The summed E-state index contributed by atoms with van der Waals surface area (Å²) in [4.78, 5) is 13.4. The number of thiophene rings is 1. The summed E-state index contributed by atoms with van der Waals surface area (Å²) in [5.41, 5.74) is 1.95. The molecule has 1 aromatic carbocycles. The molecule has 0 saturated carbocycles. The predicted octanol–water partition coefficient (Wildman–Crippen LogP) is 2.83. The normalized spacial score (nSPS) is 15.3. The van der Waals surface area contributed by atoms with Gasteiger partial charge in [-0.25, -0.2) is 0 Å². The SMILES string of the molecule is N#CC(c1nnc2n1CCCCC2)=c1sc(=Cc2ccsc2)c(=O)n1-c1ccccc1. The van der Waals surface area contributed by atoms with E-state index in [2.05, 4.69) is 16.3 Å². The lowest BCUT2D eigenvalue weighted by Gasteiger charge is -2.07. The lowest BCUT2D eigenvalue weighted by molar-refractivity contribution is 0.627. The summed E-state index contributed by atoms with van der Waals surface area (Å²) in [6.45, 7) is 0.789. The molecule has 6 nitrogen and oxygen atoms in total. The van der Waals surface area contributed by atoms with E-state index in [1.165, 1.54) is 11.3 Å². The number of para-hydroxylation sites is 1. The number of hydrogen-bond acceptors (Lipinski definition) is 6. The average Bonchev–Trinajstić information content (AvgIpc) is 3.47. The molecule has 0 spiro atoms. The van der Waals surface area contributed by atoms with Gasteiger partial charge in [-0.3, -0.25) is 9.36 Å². The lowest BCUT2D eigenvalue weighted by Crippen LogP contribution is -2.31. The molecule has 0 amide bonds. The zero-order chi connectivity index (χ0) is 21.2. The van der Waals surface area contributed by atoms with Crippen molar-refractivity contribution in [1.82, 2.24) is 19.3 Å². The third-order valence-electron chi connectivity index (χ3n) is 5.34. The summed E-state index contributed by atoms with van der Waals surface area (Å²) in [6, 6.07) is 13.8. The van der Waals surface area contributed by atoms with Gasteiger partial charge < -0.3 is 4.57 Å². The highest BCUT2D eigenvalue weighted by Crippen LogP contribution is 2.18. The molecule has 0 N–H and O–H groups in total. The third kappa shape index (κ3) is 3.67. The largest absolute Gasteiger partial charge is 0.310 e. The molecule has 1 aliphatic rings. The quantitative estimate of drug-likeness (QED) is 0.486. The molecule has 31 heavy (non-hydrogen) atoms. The Bertz CT molecular complexity index is 1440. The van der Waals surface area contributed by atoms with Crippen molar-refractivity contribution in [2.24, 2.45) is 0 Å². The van der Waals surface area contributed by atoms with Crippen LogP contribution in [0.3, 0.4) is 0 Å². The average molecular weight is 446 g/mol. The fourth-order valence-electron chi connectivity index (χ4n) is 3.83. The minimum Gasteiger partial charge on any atom is -0.310 e. The van der Waals surface area contributed by atoms with Crippen LogP contribution < -0.4 is 14.8 Å². The maximum absolute atomic E-state index is 13.4. The van der Waals surface area contributed by atoms with Gasteiger partial charge in [-0.1, -0.05) is 24.6 Å². The molecule has 0 fully saturated rings.